The second kappa shape index (κ2) is 9.70. The number of nitrogens with zero attached hydrogens (tertiary/aromatic N) is 1. The minimum atomic E-state index is -0.288. The number of hydrogen-bond acceptors (Lipinski definition) is 4. The topological polar surface area (TPSA) is 41.9 Å². The normalized spacial score (nSPS) is 12.7. The molecule has 1 N–H and O–H groups in total. The summed E-state index contributed by atoms with van der Waals surface area (Å²) in [6.07, 6.45) is 1.60. The van der Waals surface area contributed by atoms with Gasteiger partial charge >= 0.3 is 0 Å². The minimum absolute atomic E-state index is 0.288. The van der Waals surface area contributed by atoms with Gasteiger partial charge in [0.05, 0.1) is 20.3 Å². The summed E-state index contributed by atoms with van der Waals surface area (Å²) in [5.41, 5.74) is 1.09. The van der Waals surface area contributed by atoms with Crippen LogP contribution in [0.1, 0.15) is 39.2 Å². The Bertz CT molecular complexity index is 434. The molecule has 22 heavy (non-hydrogen) atoms. The average molecular weight is 309 g/mol. The third-order valence-corrected chi connectivity index (χ3v) is 3.84. The van der Waals surface area contributed by atoms with Gasteiger partial charge in [-0.15, -0.1) is 0 Å². The lowest BCUT2D eigenvalue weighted by Crippen LogP contribution is -2.33. The zero-order valence-corrected chi connectivity index (χ0v) is 14.6. The van der Waals surface area contributed by atoms with E-state index in [1.165, 1.54) is 0 Å². The van der Waals surface area contributed by atoms with Crippen LogP contribution < -0.4 is 9.47 Å². The number of rotatable bonds is 10. The van der Waals surface area contributed by atoms with E-state index in [-0.39, 0.29) is 6.10 Å². The Morgan fingerprint density at radius 2 is 1.91 bits per heavy atom. The smallest absolute Gasteiger partial charge is 0.165 e. The van der Waals surface area contributed by atoms with E-state index in [1.807, 2.05) is 19.1 Å². The lowest BCUT2D eigenvalue weighted by atomic mass is 10.1. The summed E-state index contributed by atoms with van der Waals surface area (Å²) in [5, 5.41) is 10.0. The molecule has 0 saturated heterocycles. The minimum Gasteiger partial charge on any atom is -0.493 e. The number of benzene rings is 1. The van der Waals surface area contributed by atoms with Crippen molar-refractivity contribution in [1.82, 2.24) is 4.90 Å². The molecule has 0 radical (unpaired) electrons. The molecule has 0 amide bonds. The molecule has 0 unspecified atom stereocenters. The van der Waals surface area contributed by atoms with Crippen LogP contribution in [0.4, 0.5) is 0 Å². The largest absolute Gasteiger partial charge is 0.493 e. The van der Waals surface area contributed by atoms with Gasteiger partial charge in [-0.3, -0.25) is 4.90 Å². The van der Waals surface area contributed by atoms with Crippen molar-refractivity contribution in [2.75, 3.05) is 27.3 Å². The summed E-state index contributed by atoms with van der Waals surface area (Å²) in [5.74, 6) is 2.18. The zero-order chi connectivity index (χ0) is 16.5. The average Bonchev–Trinajstić information content (AvgIpc) is 2.51. The highest BCUT2D eigenvalue weighted by atomic mass is 16.5. The lowest BCUT2D eigenvalue weighted by Gasteiger charge is -2.26. The van der Waals surface area contributed by atoms with Crippen LogP contribution in [0.15, 0.2) is 18.2 Å². The Morgan fingerprint density at radius 1 is 1.18 bits per heavy atom. The van der Waals surface area contributed by atoms with Crippen molar-refractivity contribution in [3.8, 4) is 11.5 Å². The van der Waals surface area contributed by atoms with E-state index in [0.29, 0.717) is 12.5 Å². The highest BCUT2D eigenvalue weighted by Crippen LogP contribution is 2.31. The van der Waals surface area contributed by atoms with Gasteiger partial charge in [-0.25, -0.2) is 0 Å². The molecule has 1 aromatic carbocycles. The molecule has 126 valence electrons. The molecule has 4 nitrogen and oxygen atoms in total. The van der Waals surface area contributed by atoms with E-state index >= 15 is 0 Å². The summed E-state index contributed by atoms with van der Waals surface area (Å²) in [4.78, 5) is 2.30. The van der Waals surface area contributed by atoms with E-state index in [2.05, 4.69) is 24.8 Å². The molecule has 0 bridgehead atoms. The van der Waals surface area contributed by atoms with Crippen molar-refractivity contribution < 1.29 is 14.6 Å². The third-order valence-electron chi connectivity index (χ3n) is 3.84. The molecule has 0 fully saturated rings. The molecular formula is C18H31NO3. The number of ether oxygens (including phenoxy) is 2. The number of para-hydroxylation sites is 1. The Labute approximate surface area is 135 Å². The summed E-state index contributed by atoms with van der Waals surface area (Å²) in [6.45, 7) is 8.86. The van der Waals surface area contributed by atoms with Crippen LogP contribution in [0.5, 0.6) is 11.5 Å². The standard InChI is InChI=1S/C18H31NO3/c1-6-16(20)13-19(11-10-14(2)3)12-15-8-7-9-17(21-4)18(15)22-5/h7-9,14,16,20H,6,10-13H2,1-5H3/t16-/m0/s1. The molecule has 0 spiro atoms. The molecule has 0 aliphatic carbocycles. The Morgan fingerprint density at radius 3 is 2.45 bits per heavy atom. The first-order valence-corrected chi connectivity index (χ1v) is 8.12. The molecule has 0 aliphatic rings. The second-order valence-electron chi connectivity index (χ2n) is 6.13. The zero-order valence-electron chi connectivity index (χ0n) is 14.6. The van der Waals surface area contributed by atoms with Crippen molar-refractivity contribution in [2.24, 2.45) is 5.92 Å². The number of aliphatic hydroxyl groups is 1. The summed E-state index contributed by atoms with van der Waals surface area (Å²) in [6, 6.07) is 5.94. The van der Waals surface area contributed by atoms with Crippen molar-refractivity contribution in [3.05, 3.63) is 23.8 Å². The summed E-state index contributed by atoms with van der Waals surface area (Å²) >= 11 is 0. The molecule has 1 aromatic rings. The van der Waals surface area contributed by atoms with Crippen LogP contribution in [0, 0.1) is 5.92 Å². The van der Waals surface area contributed by atoms with Crippen molar-refractivity contribution in [3.63, 3.8) is 0 Å². The molecule has 1 rings (SSSR count). The Balaban J connectivity index is 2.87. The van der Waals surface area contributed by atoms with Gasteiger partial charge in [-0.1, -0.05) is 32.9 Å². The first-order valence-electron chi connectivity index (χ1n) is 8.12. The van der Waals surface area contributed by atoms with Gasteiger partial charge in [-0.05, 0) is 31.4 Å². The molecule has 0 saturated carbocycles. The number of hydrogen-bond donors (Lipinski definition) is 1. The van der Waals surface area contributed by atoms with Crippen molar-refractivity contribution in [2.45, 2.75) is 46.3 Å². The van der Waals surface area contributed by atoms with Crippen molar-refractivity contribution >= 4 is 0 Å². The van der Waals surface area contributed by atoms with Gasteiger partial charge < -0.3 is 14.6 Å². The van der Waals surface area contributed by atoms with Crippen LogP contribution in [0.25, 0.3) is 0 Å². The fourth-order valence-corrected chi connectivity index (χ4v) is 2.42. The Hall–Kier alpha value is -1.26. The van der Waals surface area contributed by atoms with Crippen LogP contribution in [-0.4, -0.2) is 43.4 Å². The van der Waals surface area contributed by atoms with Gasteiger partial charge in [0, 0.05) is 18.7 Å². The molecule has 1 atom stereocenters. The first kappa shape index (κ1) is 18.8. The maximum Gasteiger partial charge on any atom is 0.165 e. The highest BCUT2D eigenvalue weighted by molar-refractivity contribution is 5.46. The summed E-state index contributed by atoms with van der Waals surface area (Å²) < 4.78 is 10.9. The number of aliphatic hydroxyl groups excluding tert-OH is 1. The highest BCUT2D eigenvalue weighted by Gasteiger charge is 2.16. The fourth-order valence-electron chi connectivity index (χ4n) is 2.42. The van der Waals surface area contributed by atoms with Gasteiger partial charge in [0.1, 0.15) is 0 Å². The predicted octanol–water partition coefficient (Wildman–Crippen LogP) is 3.32. The predicted molar refractivity (Wildman–Crippen MR) is 90.6 cm³/mol. The quantitative estimate of drug-likeness (QED) is 0.720. The maximum atomic E-state index is 10.0. The van der Waals surface area contributed by atoms with Crippen LogP contribution in [-0.2, 0) is 6.54 Å². The van der Waals surface area contributed by atoms with Crippen molar-refractivity contribution in [1.29, 1.82) is 0 Å². The monoisotopic (exact) mass is 309 g/mol. The molecule has 0 aliphatic heterocycles. The summed E-state index contributed by atoms with van der Waals surface area (Å²) in [7, 11) is 3.32. The molecule has 0 heterocycles. The van der Waals surface area contributed by atoms with Crippen LogP contribution in [0.2, 0.25) is 0 Å². The van der Waals surface area contributed by atoms with E-state index in [9.17, 15) is 5.11 Å². The maximum absolute atomic E-state index is 10.0. The van der Waals surface area contributed by atoms with E-state index in [4.69, 9.17) is 9.47 Å². The van der Waals surface area contributed by atoms with Crippen LogP contribution >= 0.6 is 0 Å². The lowest BCUT2D eigenvalue weighted by molar-refractivity contribution is 0.102. The second-order valence-corrected chi connectivity index (χ2v) is 6.13. The molecule has 4 heteroatoms. The fraction of sp³-hybridized carbons (Fsp3) is 0.667. The van der Waals surface area contributed by atoms with E-state index < -0.39 is 0 Å². The SMILES string of the molecule is CC[C@H](O)CN(CCC(C)C)Cc1cccc(OC)c1OC. The van der Waals surface area contributed by atoms with Gasteiger partial charge in [0.15, 0.2) is 11.5 Å². The van der Waals surface area contributed by atoms with Gasteiger partial charge in [-0.2, -0.15) is 0 Å². The van der Waals surface area contributed by atoms with Gasteiger partial charge in [0.2, 0.25) is 0 Å². The molecule has 0 aromatic heterocycles. The third kappa shape index (κ3) is 5.85. The number of methoxy groups -OCH3 is 2. The van der Waals surface area contributed by atoms with E-state index in [1.54, 1.807) is 14.2 Å². The Kier molecular flexibility index (Phi) is 8.28. The van der Waals surface area contributed by atoms with E-state index in [0.717, 1.165) is 43.0 Å². The molecular weight excluding hydrogens is 278 g/mol. The first-order chi connectivity index (χ1) is 10.5. The van der Waals surface area contributed by atoms with Crippen LogP contribution in [0.3, 0.4) is 0 Å². The van der Waals surface area contributed by atoms with Gasteiger partial charge in [0.25, 0.3) is 0 Å².